The molecule has 1 aliphatic carbocycles. The zero-order valence-corrected chi connectivity index (χ0v) is 22.9. The molecule has 0 amide bonds. The molecule has 6 rings (SSSR count). The van der Waals surface area contributed by atoms with Crippen LogP contribution in [0.3, 0.4) is 0 Å². The summed E-state index contributed by atoms with van der Waals surface area (Å²) in [4.78, 5) is 28.1. The van der Waals surface area contributed by atoms with Crippen molar-refractivity contribution in [3.05, 3.63) is 125 Å². The number of aliphatic hydroxyl groups excluding tert-OH is 1. The van der Waals surface area contributed by atoms with Crippen molar-refractivity contribution in [2.24, 2.45) is 0 Å². The van der Waals surface area contributed by atoms with E-state index in [0.29, 0.717) is 0 Å². The number of fused-ring (bicyclic) bond motifs is 2. The quantitative estimate of drug-likeness (QED) is 0.538. The van der Waals surface area contributed by atoms with E-state index in [4.69, 9.17) is 0 Å². The van der Waals surface area contributed by atoms with Crippen LogP contribution in [0, 0.1) is 0 Å². The molecule has 3 aromatic carbocycles. The Hall–Kier alpha value is -4.45. The van der Waals surface area contributed by atoms with Gasteiger partial charge in [-0.2, -0.15) is 4.58 Å². The van der Waals surface area contributed by atoms with Gasteiger partial charge < -0.3 is 15.1 Å². The highest BCUT2D eigenvalue weighted by Crippen LogP contribution is 2.48. The fourth-order valence-electron chi connectivity index (χ4n) is 6.34. The van der Waals surface area contributed by atoms with Gasteiger partial charge in [0.05, 0.1) is 15.9 Å². The Morgan fingerprint density at radius 1 is 0.821 bits per heavy atom. The molecule has 0 unspecified atom stereocenters. The van der Waals surface area contributed by atoms with Gasteiger partial charge >= 0.3 is 0 Å². The lowest BCUT2D eigenvalue weighted by molar-refractivity contribution is -0.400. The monoisotopic (exact) mass is 518 g/mol. The minimum atomic E-state index is -0.417. The van der Waals surface area contributed by atoms with E-state index in [0.717, 1.165) is 33.9 Å². The van der Waals surface area contributed by atoms with Gasteiger partial charge in [-0.05, 0) is 37.6 Å². The molecule has 0 atom stereocenters. The summed E-state index contributed by atoms with van der Waals surface area (Å²) in [5.74, 6) is -0.577. The van der Waals surface area contributed by atoms with Crippen LogP contribution in [0.4, 0.5) is 11.4 Å². The minimum absolute atomic E-state index is 0.00746. The normalized spacial score (nSPS) is 20.1. The molecule has 1 N–H and O–H groups in total. The highest BCUT2D eigenvalue weighted by atomic mass is 16.3. The fourth-order valence-corrected chi connectivity index (χ4v) is 6.34. The Labute approximate surface area is 226 Å². The topological polar surface area (TPSA) is 83.7 Å². The summed E-state index contributed by atoms with van der Waals surface area (Å²) in [6.07, 6.45) is 4.61. The lowest BCUT2D eigenvalue weighted by Gasteiger charge is -2.31. The van der Waals surface area contributed by atoms with Crippen molar-refractivity contribution in [3.8, 4) is 0 Å². The lowest BCUT2D eigenvalue weighted by Crippen LogP contribution is -2.65. The lowest BCUT2D eigenvalue weighted by atomic mass is 9.81. The standard InChI is InChI=1S/C33H30N2O4/c1-32(2)22-11-7-9-13-24(22)34(5)26(32)16-20-28(36)18(29(20)37)15-19-30(38)21(31(19)39)17-27-33(3,4)23-12-8-10-14-25(23)35(27)6/h7-17H,1-6H3,(H-,36,37,38,39). The van der Waals surface area contributed by atoms with E-state index in [1.807, 2.05) is 60.0 Å². The van der Waals surface area contributed by atoms with Gasteiger partial charge in [0.1, 0.15) is 12.8 Å². The maximum Gasteiger partial charge on any atom is 0.209 e. The zero-order chi connectivity index (χ0) is 28.0. The smallest absolute Gasteiger partial charge is 0.209 e. The predicted octanol–water partition coefficient (Wildman–Crippen LogP) is 2.30. The largest absolute Gasteiger partial charge is 0.871 e. The summed E-state index contributed by atoms with van der Waals surface area (Å²) in [7, 11) is 3.86. The van der Waals surface area contributed by atoms with Crippen LogP contribution in [0.1, 0.15) is 38.8 Å². The summed E-state index contributed by atoms with van der Waals surface area (Å²) < 4.78 is 2.00. The molecule has 3 aliphatic rings. The van der Waals surface area contributed by atoms with Crippen LogP contribution in [0.25, 0.3) is 12.2 Å². The van der Waals surface area contributed by atoms with Gasteiger partial charge in [-0.15, -0.1) is 0 Å². The average Bonchev–Trinajstić information content (AvgIpc) is 3.23. The second-order valence-corrected chi connectivity index (χ2v) is 11.6. The molecule has 6 nitrogen and oxygen atoms in total. The first-order chi connectivity index (χ1) is 18.4. The summed E-state index contributed by atoms with van der Waals surface area (Å²) in [5.41, 5.74) is 4.70. The van der Waals surface area contributed by atoms with Crippen molar-refractivity contribution in [2.45, 2.75) is 38.5 Å². The minimum Gasteiger partial charge on any atom is -0.871 e. The van der Waals surface area contributed by atoms with Gasteiger partial charge in [-0.25, -0.2) is 0 Å². The number of rotatable bonds is 3. The zero-order valence-electron chi connectivity index (χ0n) is 22.9. The summed E-state index contributed by atoms with van der Waals surface area (Å²) in [6.45, 7) is 8.28. The first-order valence-electron chi connectivity index (χ1n) is 13.0. The maximum atomic E-state index is 13.0. The van der Waals surface area contributed by atoms with Gasteiger partial charge in [0, 0.05) is 52.7 Å². The fraction of sp³-hybridized carbons (Fsp3) is 0.242. The average molecular weight is 519 g/mol. The number of likely N-dealkylation sites (N-methyl/N-ethyl adjacent to an activating group) is 1. The number of para-hydroxylation sites is 2. The number of anilines is 1. The number of benzene rings is 2. The van der Waals surface area contributed by atoms with Crippen molar-refractivity contribution in [1.29, 1.82) is 0 Å². The first-order valence-corrected chi connectivity index (χ1v) is 13.0. The summed E-state index contributed by atoms with van der Waals surface area (Å²) in [6, 6.07) is 16.0. The molecular weight excluding hydrogens is 488 g/mol. The molecule has 39 heavy (non-hydrogen) atoms. The molecule has 0 saturated carbocycles. The Morgan fingerprint density at radius 2 is 1.41 bits per heavy atom. The number of hydrogen-bond donors (Lipinski definition) is 1. The highest BCUT2D eigenvalue weighted by Gasteiger charge is 2.43. The van der Waals surface area contributed by atoms with Crippen LogP contribution < -0.4 is 31.3 Å². The summed E-state index contributed by atoms with van der Waals surface area (Å²) in [5, 5.41) is 23.8. The Kier molecular flexibility index (Phi) is 5.12. The van der Waals surface area contributed by atoms with Crippen LogP contribution in [0.2, 0.25) is 0 Å². The van der Waals surface area contributed by atoms with Gasteiger partial charge in [0.2, 0.25) is 16.5 Å². The molecule has 3 aromatic rings. The van der Waals surface area contributed by atoms with Crippen LogP contribution in [-0.4, -0.2) is 29.5 Å². The van der Waals surface area contributed by atoms with Crippen molar-refractivity contribution in [3.63, 3.8) is 0 Å². The van der Waals surface area contributed by atoms with E-state index in [9.17, 15) is 19.8 Å². The molecule has 0 spiro atoms. The molecular formula is C33H30N2O4. The van der Waals surface area contributed by atoms with Crippen LogP contribution >= 0.6 is 0 Å². The van der Waals surface area contributed by atoms with E-state index in [1.54, 1.807) is 12.2 Å². The summed E-state index contributed by atoms with van der Waals surface area (Å²) >= 11 is 0. The predicted molar refractivity (Wildman–Crippen MR) is 152 cm³/mol. The molecule has 0 fully saturated rings. The third-order valence-corrected chi connectivity index (χ3v) is 8.71. The molecule has 6 heteroatoms. The number of hydrogen-bond acceptors (Lipinski definition) is 5. The van der Waals surface area contributed by atoms with E-state index in [-0.39, 0.29) is 43.9 Å². The third-order valence-electron chi connectivity index (χ3n) is 8.71. The van der Waals surface area contributed by atoms with E-state index < -0.39 is 10.9 Å². The molecule has 196 valence electrons. The number of nitrogens with zero attached hydrogens (tertiary/aromatic N) is 2. The second kappa shape index (κ2) is 8.03. The molecule has 2 aliphatic heterocycles. The molecule has 2 heterocycles. The Morgan fingerprint density at radius 3 is 2.03 bits per heavy atom. The Balaban J connectivity index is 1.36. The van der Waals surface area contributed by atoms with Crippen molar-refractivity contribution in [2.75, 3.05) is 19.0 Å². The highest BCUT2D eigenvalue weighted by molar-refractivity contribution is 6.15. The first kappa shape index (κ1) is 24.9. The molecule has 0 bridgehead atoms. The SMILES string of the molecule is CN1/C(=C\C2=C(O)C(C=c3c(=O)c(=CC4=[N+](C)c5ccccc5C4(C)C)c3=O)=C2[O-])C(C)(C)c2ccccc21. The Bertz CT molecular complexity index is 1910. The molecule has 0 saturated heterocycles. The third kappa shape index (κ3) is 3.24. The number of aliphatic hydroxyl groups is 1. The van der Waals surface area contributed by atoms with Crippen molar-refractivity contribution in [1.82, 2.24) is 0 Å². The van der Waals surface area contributed by atoms with Crippen LogP contribution in [0.15, 0.2) is 92.6 Å². The van der Waals surface area contributed by atoms with Gasteiger partial charge in [-0.1, -0.05) is 56.0 Å². The van der Waals surface area contributed by atoms with Gasteiger partial charge in [-0.3, -0.25) is 9.59 Å². The van der Waals surface area contributed by atoms with E-state index in [1.165, 1.54) is 6.08 Å². The van der Waals surface area contributed by atoms with Crippen molar-refractivity contribution >= 4 is 29.2 Å². The second-order valence-electron chi connectivity index (χ2n) is 11.6. The van der Waals surface area contributed by atoms with E-state index in [2.05, 4.69) is 39.8 Å². The maximum absolute atomic E-state index is 13.0. The van der Waals surface area contributed by atoms with E-state index >= 15 is 0 Å². The van der Waals surface area contributed by atoms with Crippen LogP contribution in [0.5, 0.6) is 0 Å². The molecule has 0 radical (unpaired) electrons. The number of allylic oxidation sites excluding steroid dienone is 3. The van der Waals surface area contributed by atoms with Crippen LogP contribution in [-0.2, 0) is 10.8 Å². The van der Waals surface area contributed by atoms with Gasteiger partial charge in [0.15, 0.2) is 5.71 Å². The molecule has 0 aromatic heterocycles. The van der Waals surface area contributed by atoms with Gasteiger partial charge in [0.25, 0.3) is 0 Å². The van der Waals surface area contributed by atoms with Crippen molar-refractivity contribution < 1.29 is 14.8 Å².